The van der Waals surface area contributed by atoms with Crippen LogP contribution in [0.2, 0.25) is 0 Å². The molecule has 1 heteroatoms. The molecule has 82 valence electrons. The minimum Gasteiger partial charge on any atom is -0.374 e. The fraction of sp³-hybridized carbons (Fsp3) is 0.692. The van der Waals surface area contributed by atoms with Crippen molar-refractivity contribution >= 4 is 0 Å². The van der Waals surface area contributed by atoms with E-state index in [2.05, 4.69) is 40.3 Å². The number of ether oxygens (including phenoxy) is 1. The molecule has 0 amide bonds. The molecule has 0 aliphatic rings. The predicted octanol–water partition coefficient (Wildman–Crippen LogP) is 4.10. The van der Waals surface area contributed by atoms with Gasteiger partial charge >= 0.3 is 0 Å². The van der Waals surface area contributed by atoms with Gasteiger partial charge in [-0.3, -0.25) is 0 Å². The zero-order valence-corrected chi connectivity index (χ0v) is 10.1. The fourth-order valence-corrected chi connectivity index (χ4v) is 1.11. The van der Waals surface area contributed by atoms with Crippen molar-refractivity contribution in [2.75, 3.05) is 6.61 Å². The fourth-order valence-electron chi connectivity index (χ4n) is 1.11. The molecule has 0 aromatic heterocycles. The van der Waals surface area contributed by atoms with Gasteiger partial charge in [0.05, 0.1) is 12.7 Å². The van der Waals surface area contributed by atoms with Crippen molar-refractivity contribution in [3.8, 4) is 0 Å². The van der Waals surface area contributed by atoms with E-state index in [1.54, 1.807) is 0 Å². The Hall–Kier alpha value is -0.560. The minimum absolute atomic E-state index is 0.328. The third-order valence-electron chi connectivity index (χ3n) is 1.94. The van der Waals surface area contributed by atoms with Gasteiger partial charge in [-0.05, 0) is 47.0 Å². The molecule has 1 nitrogen and oxygen atoms in total. The Morgan fingerprint density at radius 1 is 1.36 bits per heavy atom. The summed E-state index contributed by atoms with van der Waals surface area (Å²) in [6.07, 6.45) is 6.07. The second-order valence-electron chi connectivity index (χ2n) is 4.26. The first-order valence-corrected chi connectivity index (χ1v) is 5.44. The van der Waals surface area contributed by atoms with Crippen molar-refractivity contribution in [3.05, 3.63) is 23.8 Å². The Morgan fingerprint density at radius 2 is 2.00 bits per heavy atom. The third kappa shape index (κ3) is 9.53. The van der Waals surface area contributed by atoms with Gasteiger partial charge in [0, 0.05) is 0 Å². The van der Waals surface area contributed by atoms with Gasteiger partial charge < -0.3 is 4.74 Å². The minimum atomic E-state index is 0.328. The molecule has 0 saturated heterocycles. The molecule has 0 rings (SSSR count). The molecule has 0 aromatic carbocycles. The predicted molar refractivity (Wildman–Crippen MR) is 63.5 cm³/mol. The van der Waals surface area contributed by atoms with Gasteiger partial charge in [-0.2, -0.15) is 0 Å². The maximum absolute atomic E-state index is 5.50. The van der Waals surface area contributed by atoms with Gasteiger partial charge in [-0.25, -0.2) is 0 Å². The number of unbranched alkanes of at least 4 members (excludes halogenated alkanes) is 1. The van der Waals surface area contributed by atoms with Crippen LogP contribution in [0.3, 0.4) is 0 Å². The average Bonchev–Trinajstić information content (AvgIpc) is 2.08. The van der Waals surface area contributed by atoms with Crippen molar-refractivity contribution in [2.24, 2.45) is 0 Å². The summed E-state index contributed by atoms with van der Waals surface area (Å²) in [5, 5.41) is 0. The van der Waals surface area contributed by atoms with Crippen LogP contribution in [0.4, 0.5) is 0 Å². The smallest absolute Gasteiger partial charge is 0.0677 e. The Morgan fingerprint density at radius 3 is 2.50 bits per heavy atom. The summed E-state index contributed by atoms with van der Waals surface area (Å²) in [5.41, 5.74) is 2.61. The van der Waals surface area contributed by atoms with E-state index in [0.717, 1.165) is 19.4 Å². The molecule has 0 aromatic rings. The second-order valence-corrected chi connectivity index (χ2v) is 4.26. The highest BCUT2D eigenvalue weighted by atomic mass is 16.5. The summed E-state index contributed by atoms with van der Waals surface area (Å²) < 4.78 is 5.50. The quantitative estimate of drug-likeness (QED) is 0.440. The molecule has 0 atom stereocenters. The van der Waals surface area contributed by atoms with Crippen LogP contribution in [0, 0.1) is 0 Å². The summed E-state index contributed by atoms with van der Waals surface area (Å²) >= 11 is 0. The summed E-state index contributed by atoms with van der Waals surface area (Å²) in [6, 6.07) is 0. The van der Waals surface area contributed by atoms with Crippen LogP contribution in [-0.2, 0) is 4.74 Å². The lowest BCUT2D eigenvalue weighted by Crippen LogP contribution is -2.04. The van der Waals surface area contributed by atoms with Crippen LogP contribution in [0.1, 0.15) is 47.0 Å². The molecule has 0 radical (unpaired) electrons. The number of hydrogen-bond acceptors (Lipinski definition) is 1. The Bertz CT molecular complexity index is 189. The lowest BCUT2D eigenvalue weighted by Gasteiger charge is -2.07. The maximum atomic E-state index is 5.50. The zero-order chi connectivity index (χ0) is 11.0. The summed E-state index contributed by atoms with van der Waals surface area (Å²) in [5.74, 6) is 0. The maximum Gasteiger partial charge on any atom is 0.0677 e. The molecule has 0 spiro atoms. The van der Waals surface area contributed by atoms with Crippen LogP contribution in [0.25, 0.3) is 0 Å². The molecule has 0 heterocycles. The highest BCUT2D eigenvalue weighted by Crippen LogP contribution is 2.07. The van der Waals surface area contributed by atoms with Gasteiger partial charge in [0.25, 0.3) is 0 Å². The third-order valence-corrected chi connectivity index (χ3v) is 1.94. The van der Waals surface area contributed by atoms with Crippen LogP contribution >= 0.6 is 0 Å². The molecule has 0 saturated carbocycles. The Balaban J connectivity index is 3.51. The van der Waals surface area contributed by atoms with Crippen LogP contribution in [-0.4, -0.2) is 12.7 Å². The van der Waals surface area contributed by atoms with Gasteiger partial charge in [-0.15, -0.1) is 6.58 Å². The molecule has 0 fully saturated rings. The van der Waals surface area contributed by atoms with Crippen molar-refractivity contribution < 1.29 is 4.74 Å². The summed E-state index contributed by atoms with van der Waals surface area (Å²) in [4.78, 5) is 0. The molecule has 0 aliphatic heterocycles. The van der Waals surface area contributed by atoms with E-state index in [0.29, 0.717) is 6.10 Å². The normalized spacial score (nSPS) is 12.2. The molecule has 0 N–H and O–H groups in total. The number of hydrogen-bond donors (Lipinski definition) is 0. The Kier molecular flexibility index (Phi) is 7.50. The summed E-state index contributed by atoms with van der Waals surface area (Å²) in [7, 11) is 0. The van der Waals surface area contributed by atoms with E-state index in [1.165, 1.54) is 17.6 Å². The van der Waals surface area contributed by atoms with E-state index in [1.807, 2.05) is 0 Å². The molecule has 0 aliphatic carbocycles. The first-order chi connectivity index (χ1) is 6.52. The average molecular weight is 196 g/mol. The summed E-state index contributed by atoms with van der Waals surface area (Å²) in [6.45, 7) is 13.0. The first kappa shape index (κ1) is 13.4. The van der Waals surface area contributed by atoms with Gasteiger partial charge in [0.1, 0.15) is 0 Å². The molecule has 0 unspecified atom stereocenters. The number of allylic oxidation sites excluding steroid dienone is 2. The SMILES string of the molecule is C=C(C)CCCC=C(C)COC(C)C. The van der Waals surface area contributed by atoms with E-state index in [4.69, 9.17) is 4.74 Å². The molecular formula is C13H24O. The van der Waals surface area contributed by atoms with Gasteiger partial charge in [0.15, 0.2) is 0 Å². The van der Waals surface area contributed by atoms with E-state index < -0.39 is 0 Å². The molecule has 0 bridgehead atoms. The Labute approximate surface area is 88.9 Å². The van der Waals surface area contributed by atoms with Crippen molar-refractivity contribution in [3.63, 3.8) is 0 Å². The highest BCUT2D eigenvalue weighted by molar-refractivity contribution is 4.99. The largest absolute Gasteiger partial charge is 0.374 e. The second kappa shape index (κ2) is 7.81. The van der Waals surface area contributed by atoms with Crippen LogP contribution in [0.15, 0.2) is 23.8 Å². The van der Waals surface area contributed by atoms with Crippen LogP contribution in [0.5, 0.6) is 0 Å². The topological polar surface area (TPSA) is 9.23 Å². The van der Waals surface area contributed by atoms with Crippen molar-refractivity contribution in [1.29, 1.82) is 0 Å². The van der Waals surface area contributed by atoms with E-state index >= 15 is 0 Å². The van der Waals surface area contributed by atoms with Crippen LogP contribution < -0.4 is 0 Å². The van der Waals surface area contributed by atoms with Gasteiger partial charge in [-0.1, -0.05) is 17.2 Å². The lowest BCUT2D eigenvalue weighted by atomic mass is 10.1. The van der Waals surface area contributed by atoms with E-state index in [9.17, 15) is 0 Å². The lowest BCUT2D eigenvalue weighted by molar-refractivity contribution is 0.0972. The first-order valence-electron chi connectivity index (χ1n) is 5.44. The molecule has 14 heavy (non-hydrogen) atoms. The standard InChI is InChI=1S/C13H24O/c1-11(2)8-6-7-9-13(5)10-14-12(3)4/h9,12H,1,6-8,10H2,2-5H3. The highest BCUT2D eigenvalue weighted by Gasteiger charge is 1.94. The number of rotatable bonds is 7. The zero-order valence-electron chi connectivity index (χ0n) is 10.1. The van der Waals surface area contributed by atoms with Crippen molar-refractivity contribution in [2.45, 2.75) is 53.1 Å². The van der Waals surface area contributed by atoms with Crippen molar-refractivity contribution in [1.82, 2.24) is 0 Å². The molecular weight excluding hydrogens is 172 g/mol. The van der Waals surface area contributed by atoms with E-state index in [-0.39, 0.29) is 0 Å². The van der Waals surface area contributed by atoms with Gasteiger partial charge in [0.2, 0.25) is 0 Å². The monoisotopic (exact) mass is 196 g/mol.